The van der Waals surface area contributed by atoms with Gasteiger partial charge in [0.2, 0.25) is 0 Å². The van der Waals surface area contributed by atoms with E-state index in [1.165, 1.54) is 23.9 Å². The van der Waals surface area contributed by atoms with E-state index in [9.17, 15) is 0 Å². The van der Waals surface area contributed by atoms with E-state index in [1.54, 1.807) is 11.1 Å². The lowest BCUT2D eigenvalue weighted by molar-refractivity contribution is 0.282. The Morgan fingerprint density at radius 2 is 2.06 bits per heavy atom. The summed E-state index contributed by atoms with van der Waals surface area (Å²) < 4.78 is 1.31. The van der Waals surface area contributed by atoms with E-state index < -0.39 is 0 Å². The van der Waals surface area contributed by atoms with Gasteiger partial charge in [-0.2, -0.15) is 0 Å². The number of likely N-dealkylation sites (N-methyl/N-ethyl adjacent to an activating group) is 1. The number of hydrogen-bond acceptors (Lipinski definition) is 1. The molecule has 16 heavy (non-hydrogen) atoms. The van der Waals surface area contributed by atoms with Crippen molar-refractivity contribution in [2.75, 3.05) is 19.6 Å². The highest BCUT2D eigenvalue weighted by atomic mass is 79.9. The number of hydrogen-bond donors (Lipinski definition) is 0. The number of aryl methyl sites for hydroxylation is 1. The number of benzene rings is 1. The topological polar surface area (TPSA) is 3.24 Å². The lowest BCUT2D eigenvalue weighted by atomic mass is 10.0. The summed E-state index contributed by atoms with van der Waals surface area (Å²) in [5.74, 6) is 0.727. The molecule has 0 saturated carbocycles. The van der Waals surface area contributed by atoms with Gasteiger partial charge in [-0.25, -0.2) is 0 Å². The van der Waals surface area contributed by atoms with Crippen molar-refractivity contribution in [3.63, 3.8) is 0 Å². The second-order valence-corrected chi connectivity index (χ2v) is 5.39. The average Bonchev–Trinajstić information content (AvgIpc) is 2.70. The Morgan fingerprint density at radius 1 is 1.31 bits per heavy atom. The Balaban J connectivity index is 2.16. The molecule has 0 spiro atoms. The van der Waals surface area contributed by atoms with Gasteiger partial charge in [0.25, 0.3) is 0 Å². The maximum absolute atomic E-state index is 3.70. The number of rotatable bonds is 4. The Hall–Kier alpha value is -0.340. The van der Waals surface area contributed by atoms with Crippen molar-refractivity contribution < 1.29 is 0 Å². The second-order valence-electron chi connectivity index (χ2n) is 4.53. The highest BCUT2D eigenvalue weighted by molar-refractivity contribution is 9.10. The third-order valence-corrected chi connectivity index (χ3v) is 4.38. The van der Waals surface area contributed by atoms with Crippen LogP contribution >= 0.6 is 15.9 Å². The van der Waals surface area contributed by atoms with Crippen LogP contribution in [0.3, 0.4) is 0 Å². The van der Waals surface area contributed by atoms with Gasteiger partial charge in [-0.3, -0.25) is 0 Å². The van der Waals surface area contributed by atoms with Crippen LogP contribution in [0.5, 0.6) is 0 Å². The molecule has 1 unspecified atom stereocenters. The zero-order valence-electron chi connectivity index (χ0n) is 10.2. The maximum atomic E-state index is 3.70. The van der Waals surface area contributed by atoms with Crippen LogP contribution < -0.4 is 0 Å². The van der Waals surface area contributed by atoms with Crippen LogP contribution in [-0.2, 0) is 6.42 Å². The molecule has 0 bridgehead atoms. The molecule has 0 N–H and O–H groups in total. The third-order valence-electron chi connectivity index (χ3n) is 3.69. The largest absolute Gasteiger partial charge is 0.303 e. The molecule has 2 heteroatoms. The summed E-state index contributed by atoms with van der Waals surface area (Å²) >= 11 is 3.70. The molecule has 1 aliphatic carbocycles. The lowest BCUT2D eigenvalue weighted by Crippen LogP contribution is -2.27. The van der Waals surface area contributed by atoms with E-state index in [4.69, 9.17) is 0 Å². The Labute approximate surface area is 107 Å². The van der Waals surface area contributed by atoms with Gasteiger partial charge in [-0.05, 0) is 49.0 Å². The second kappa shape index (κ2) is 5.33. The molecule has 2 rings (SSSR count). The molecule has 0 aliphatic heterocycles. The first-order valence-corrected chi connectivity index (χ1v) is 7.05. The molecule has 88 valence electrons. The van der Waals surface area contributed by atoms with Gasteiger partial charge in [0, 0.05) is 11.0 Å². The van der Waals surface area contributed by atoms with Gasteiger partial charge in [-0.1, -0.05) is 41.9 Å². The molecule has 1 nitrogen and oxygen atoms in total. The Bertz CT molecular complexity index is 358. The quantitative estimate of drug-likeness (QED) is 0.811. The molecule has 0 fully saturated rings. The third kappa shape index (κ3) is 2.33. The first kappa shape index (κ1) is 12.1. The molecular formula is C14H20BrN. The number of fused-ring (bicyclic) bond motifs is 1. The minimum absolute atomic E-state index is 0.727. The molecule has 0 aromatic heterocycles. The van der Waals surface area contributed by atoms with E-state index in [1.807, 2.05) is 0 Å². The SMILES string of the molecule is CCN(CC)CC1CCc2cccc(Br)c21. The predicted molar refractivity (Wildman–Crippen MR) is 73.0 cm³/mol. The fourth-order valence-corrected chi connectivity index (χ4v) is 3.44. The number of halogens is 1. The number of nitrogens with zero attached hydrogens (tertiary/aromatic N) is 1. The van der Waals surface area contributed by atoms with Gasteiger partial charge in [0.1, 0.15) is 0 Å². The van der Waals surface area contributed by atoms with Gasteiger partial charge in [0.05, 0.1) is 0 Å². The summed E-state index contributed by atoms with van der Waals surface area (Å²) in [7, 11) is 0. The summed E-state index contributed by atoms with van der Waals surface area (Å²) in [4.78, 5) is 2.53. The molecule has 0 saturated heterocycles. The smallest absolute Gasteiger partial charge is 0.0213 e. The monoisotopic (exact) mass is 281 g/mol. The van der Waals surface area contributed by atoms with Crippen molar-refractivity contribution in [1.82, 2.24) is 4.90 Å². The summed E-state index contributed by atoms with van der Waals surface area (Å²) in [5.41, 5.74) is 3.11. The molecule has 0 amide bonds. The van der Waals surface area contributed by atoms with E-state index in [-0.39, 0.29) is 0 Å². The van der Waals surface area contributed by atoms with Crippen molar-refractivity contribution in [1.29, 1.82) is 0 Å². The molecule has 1 aromatic carbocycles. The van der Waals surface area contributed by atoms with Crippen LogP contribution in [0.1, 0.15) is 37.3 Å². The first-order valence-electron chi connectivity index (χ1n) is 6.25. The Kier molecular flexibility index (Phi) is 4.04. The van der Waals surface area contributed by atoms with Gasteiger partial charge < -0.3 is 4.90 Å². The zero-order chi connectivity index (χ0) is 11.5. The first-order chi connectivity index (χ1) is 7.76. The van der Waals surface area contributed by atoms with Crippen molar-refractivity contribution in [2.24, 2.45) is 0 Å². The van der Waals surface area contributed by atoms with Gasteiger partial charge >= 0.3 is 0 Å². The summed E-state index contributed by atoms with van der Waals surface area (Å²) in [6.07, 6.45) is 2.56. The summed E-state index contributed by atoms with van der Waals surface area (Å²) in [5, 5.41) is 0. The highest BCUT2D eigenvalue weighted by Gasteiger charge is 2.25. The highest BCUT2D eigenvalue weighted by Crippen LogP contribution is 2.38. The molecule has 1 atom stereocenters. The fourth-order valence-electron chi connectivity index (χ4n) is 2.71. The standard InChI is InChI=1S/C14H20BrN/c1-3-16(4-2)10-12-9-8-11-6-5-7-13(15)14(11)12/h5-7,12H,3-4,8-10H2,1-2H3. The summed E-state index contributed by atoms with van der Waals surface area (Å²) in [6.45, 7) is 8.03. The van der Waals surface area contributed by atoms with Crippen molar-refractivity contribution >= 4 is 15.9 Å². The van der Waals surface area contributed by atoms with E-state index in [0.29, 0.717) is 0 Å². The normalized spacial score (nSPS) is 19.1. The molecule has 1 aliphatic rings. The van der Waals surface area contributed by atoms with Crippen molar-refractivity contribution in [2.45, 2.75) is 32.6 Å². The fraction of sp³-hybridized carbons (Fsp3) is 0.571. The van der Waals surface area contributed by atoms with E-state index >= 15 is 0 Å². The predicted octanol–water partition coefficient (Wildman–Crippen LogP) is 3.82. The van der Waals surface area contributed by atoms with Crippen LogP contribution in [0.2, 0.25) is 0 Å². The zero-order valence-corrected chi connectivity index (χ0v) is 11.8. The Morgan fingerprint density at radius 3 is 2.75 bits per heavy atom. The van der Waals surface area contributed by atoms with Gasteiger partial charge in [0.15, 0.2) is 0 Å². The van der Waals surface area contributed by atoms with Crippen LogP contribution in [-0.4, -0.2) is 24.5 Å². The molecular weight excluding hydrogens is 262 g/mol. The van der Waals surface area contributed by atoms with Crippen molar-refractivity contribution in [3.8, 4) is 0 Å². The summed E-state index contributed by atoms with van der Waals surface area (Å²) in [6, 6.07) is 6.62. The van der Waals surface area contributed by atoms with E-state index in [0.717, 1.165) is 19.0 Å². The minimum Gasteiger partial charge on any atom is -0.303 e. The minimum atomic E-state index is 0.727. The molecule has 0 heterocycles. The van der Waals surface area contributed by atoms with Crippen molar-refractivity contribution in [3.05, 3.63) is 33.8 Å². The van der Waals surface area contributed by atoms with Crippen LogP contribution in [0.4, 0.5) is 0 Å². The maximum Gasteiger partial charge on any atom is 0.0213 e. The average molecular weight is 282 g/mol. The molecule has 0 radical (unpaired) electrons. The van der Waals surface area contributed by atoms with Crippen LogP contribution in [0, 0.1) is 0 Å². The molecule has 1 aromatic rings. The van der Waals surface area contributed by atoms with E-state index in [2.05, 4.69) is 52.9 Å². The van der Waals surface area contributed by atoms with Crippen LogP contribution in [0.25, 0.3) is 0 Å². The van der Waals surface area contributed by atoms with Crippen LogP contribution in [0.15, 0.2) is 22.7 Å². The lowest BCUT2D eigenvalue weighted by Gasteiger charge is -2.23. The van der Waals surface area contributed by atoms with Gasteiger partial charge in [-0.15, -0.1) is 0 Å².